The van der Waals surface area contributed by atoms with E-state index < -0.39 is 0 Å². The Morgan fingerprint density at radius 1 is 1.43 bits per heavy atom. The van der Waals surface area contributed by atoms with Gasteiger partial charge in [-0.1, -0.05) is 12.1 Å². The molecule has 78 valence electrons. The van der Waals surface area contributed by atoms with Crippen LogP contribution in [0, 0.1) is 5.82 Å². The van der Waals surface area contributed by atoms with Crippen LogP contribution in [0.5, 0.6) is 0 Å². The van der Waals surface area contributed by atoms with E-state index in [4.69, 9.17) is 0 Å². The maximum atomic E-state index is 12.8. The first-order valence-electron chi connectivity index (χ1n) is 4.69. The molecule has 0 bridgehead atoms. The minimum atomic E-state index is -0.173. The molecule has 1 N–H and O–H groups in total. The Bertz CT molecular complexity index is 294. The predicted molar refractivity (Wildman–Crippen MR) is 61.2 cm³/mol. The van der Waals surface area contributed by atoms with E-state index >= 15 is 0 Å². The van der Waals surface area contributed by atoms with Gasteiger partial charge in [-0.25, -0.2) is 4.39 Å². The van der Waals surface area contributed by atoms with Crippen LogP contribution >= 0.6 is 12.6 Å². The summed E-state index contributed by atoms with van der Waals surface area (Å²) >= 11 is 4.34. The van der Waals surface area contributed by atoms with Crippen LogP contribution in [0.1, 0.15) is 19.4 Å². The largest absolute Gasteiger partial charge is 0.303 e. The van der Waals surface area contributed by atoms with Gasteiger partial charge >= 0.3 is 0 Å². The Morgan fingerprint density at radius 3 is 2.71 bits per heavy atom. The van der Waals surface area contributed by atoms with Crippen molar-refractivity contribution in [3.05, 3.63) is 35.6 Å². The predicted octanol–water partition coefficient (Wildman–Crippen LogP) is 2.62. The molecule has 0 aliphatic rings. The molecule has 0 unspecified atom stereocenters. The van der Waals surface area contributed by atoms with Crippen molar-refractivity contribution < 1.29 is 4.39 Å². The summed E-state index contributed by atoms with van der Waals surface area (Å²) < 4.78 is 12.8. The number of hydrogen-bond donors (Lipinski definition) is 2. The second-order valence-corrected chi connectivity index (χ2v) is 4.98. The number of hydrogen-bond acceptors (Lipinski definition) is 2. The van der Waals surface area contributed by atoms with Crippen molar-refractivity contribution in [2.75, 3.05) is 6.54 Å². The van der Waals surface area contributed by atoms with Gasteiger partial charge in [0.2, 0.25) is 0 Å². The van der Waals surface area contributed by atoms with Gasteiger partial charge in [-0.2, -0.15) is 12.6 Å². The van der Waals surface area contributed by atoms with Crippen molar-refractivity contribution in [2.24, 2.45) is 0 Å². The second kappa shape index (κ2) is 4.80. The lowest BCUT2D eigenvalue weighted by molar-refractivity contribution is 0.547. The standard InChI is InChI=1S/C11H16FNS/c1-11(2,14)13-7-6-9-4-3-5-10(12)8-9/h3-5,8,13-14H,6-7H2,1-2H3. The molecule has 0 aliphatic carbocycles. The average Bonchev–Trinajstić information content (AvgIpc) is 2.01. The zero-order chi connectivity index (χ0) is 10.6. The molecule has 14 heavy (non-hydrogen) atoms. The summed E-state index contributed by atoms with van der Waals surface area (Å²) in [6.07, 6.45) is 0.821. The molecule has 0 atom stereocenters. The Kier molecular flexibility index (Phi) is 3.96. The number of nitrogens with one attached hydrogen (secondary N) is 1. The van der Waals surface area contributed by atoms with Crippen molar-refractivity contribution >= 4 is 12.6 Å². The highest BCUT2D eigenvalue weighted by atomic mass is 32.1. The molecule has 0 aromatic heterocycles. The number of thiol groups is 1. The lowest BCUT2D eigenvalue weighted by Crippen LogP contribution is -2.34. The number of rotatable bonds is 4. The summed E-state index contributed by atoms with van der Waals surface area (Å²) in [5.74, 6) is -0.173. The molecule has 0 saturated carbocycles. The normalized spacial score (nSPS) is 11.7. The van der Waals surface area contributed by atoms with Crippen LogP contribution in [-0.4, -0.2) is 11.4 Å². The van der Waals surface area contributed by atoms with Gasteiger partial charge in [-0.05, 0) is 38.0 Å². The second-order valence-electron chi connectivity index (χ2n) is 3.87. The highest BCUT2D eigenvalue weighted by molar-refractivity contribution is 7.81. The fourth-order valence-electron chi connectivity index (χ4n) is 1.21. The van der Waals surface area contributed by atoms with E-state index in [0.29, 0.717) is 0 Å². The Hall–Kier alpha value is -0.540. The maximum Gasteiger partial charge on any atom is 0.123 e. The van der Waals surface area contributed by atoms with Crippen LogP contribution in [0.3, 0.4) is 0 Å². The molecule has 0 spiro atoms. The quantitative estimate of drug-likeness (QED) is 0.579. The van der Waals surface area contributed by atoms with E-state index in [1.54, 1.807) is 12.1 Å². The summed E-state index contributed by atoms with van der Waals surface area (Å²) in [5.41, 5.74) is 1.01. The molecule has 0 amide bonds. The Balaban J connectivity index is 2.39. The van der Waals surface area contributed by atoms with Gasteiger partial charge < -0.3 is 5.32 Å². The lowest BCUT2D eigenvalue weighted by Gasteiger charge is -2.19. The van der Waals surface area contributed by atoms with E-state index in [2.05, 4.69) is 17.9 Å². The van der Waals surface area contributed by atoms with Gasteiger partial charge in [0, 0.05) is 6.54 Å². The minimum absolute atomic E-state index is 0.173. The maximum absolute atomic E-state index is 12.8. The van der Waals surface area contributed by atoms with E-state index in [9.17, 15) is 4.39 Å². The van der Waals surface area contributed by atoms with Crippen LogP contribution in [-0.2, 0) is 6.42 Å². The molecule has 0 aliphatic heterocycles. The first-order chi connectivity index (χ1) is 6.47. The summed E-state index contributed by atoms with van der Waals surface area (Å²) in [7, 11) is 0. The van der Waals surface area contributed by atoms with Crippen LogP contribution in [0.15, 0.2) is 24.3 Å². The smallest absolute Gasteiger partial charge is 0.123 e. The van der Waals surface area contributed by atoms with Crippen molar-refractivity contribution in [1.82, 2.24) is 5.32 Å². The van der Waals surface area contributed by atoms with Crippen molar-refractivity contribution in [2.45, 2.75) is 25.1 Å². The van der Waals surface area contributed by atoms with Crippen molar-refractivity contribution in [1.29, 1.82) is 0 Å². The third-order valence-electron chi connectivity index (χ3n) is 1.86. The van der Waals surface area contributed by atoms with Gasteiger partial charge in [0.15, 0.2) is 0 Å². The van der Waals surface area contributed by atoms with E-state index in [0.717, 1.165) is 18.5 Å². The Morgan fingerprint density at radius 2 is 2.14 bits per heavy atom. The topological polar surface area (TPSA) is 12.0 Å². The third-order valence-corrected chi connectivity index (χ3v) is 2.02. The van der Waals surface area contributed by atoms with Crippen LogP contribution in [0.4, 0.5) is 4.39 Å². The highest BCUT2D eigenvalue weighted by Gasteiger charge is 2.08. The molecular weight excluding hydrogens is 197 g/mol. The minimum Gasteiger partial charge on any atom is -0.303 e. The van der Waals surface area contributed by atoms with Crippen LogP contribution in [0.2, 0.25) is 0 Å². The van der Waals surface area contributed by atoms with Crippen LogP contribution < -0.4 is 5.32 Å². The molecular formula is C11H16FNS. The van der Waals surface area contributed by atoms with Crippen molar-refractivity contribution in [3.63, 3.8) is 0 Å². The van der Waals surface area contributed by atoms with Gasteiger partial charge in [-0.15, -0.1) is 0 Å². The average molecular weight is 213 g/mol. The van der Waals surface area contributed by atoms with Gasteiger partial charge in [0.25, 0.3) is 0 Å². The van der Waals surface area contributed by atoms with E-state index in [-0.39, 0.29) is 10.7 Å². The molecule has 0 heterocycles. The molecule has 0 saturated heterocycles. The van der Waals surface area contributed by atoms with E-state index in [1.807, 2.05) is 19.9 Å². The first kappa shape index (κ1) is 11.5. The zero-order valence-electron chi connectivity index (χ0n) is 8.55. The van der Waals surface area contributed by atoms with Crippen molar-refractivity contribution in [3.8, 4) is 0 Å². The monoisotopic (exact) mass is 213 g/mol. The molecule has 0 radical (unpaired) electrons. The molecule has 1 aromatic rings. The fourth-order valence-corrected chi connectivity index (χ4v) is 1.32. The summed E-state index contributed by atoms with van der Waals surface area (Å²) in [6, 6.07) is 6.68. The van der Waals surface area contributed by atoms with E-state index in [1.165, 1.54) is 6.07 Å². The fraction of sp³-hybridized carbons (Fsp3) is 0.455. The Labute approximate surface area is 90.1 Å². The zero-order valence-corrected chi connectivity index (χ0v) is 9.44. The van der Waals surface area contributed by atoms with Gasteiger partial charge in [-0.3, -0.25) is 0 Å². The first-order valence-corrected chi connectivity index (χ1v) is 5.14. The van der Waals surface area contributed by atoms with Crippen LogP contribution in [0.25, 0.3) is 0 Å². The van der Waals surface area contributed by atoms with Gasteiger partial charge in [0.1, 0.15) is 5.82 Å². The summed E-state index contributed by atoms with van der Waals surface area (Å²) in [4.78, 5) is -0.173. The number of halogens is 1. The SMILES string of the molecule is CC(C)(S)NCCc1cccc(F)c1. The third kappa shape index (κ3) is 4.63. The molecule has 0 fully saturated rings. The summed E-state index contributed by atoms with van der Waals surface area (Å²) in [6.45, 7) is 4.78. The number of benzene rings is 1. The molecule has 1 aromatic carbocycles. The lowest BCUT2D eigenvalue weighted by atomic mass is 10.1. The molecule has 1 rings (SSSR count). The molecule has 1 nitrogen and oxygen atoms in total. The van der Waals surface area contributed by atoms with Gasteiger partial charge in [0.05, 0.1) is 4.87 Å². The molecule has 3 heteroatoms. The summed E-state index contributed by atoms with van der Waals surface area (Å²) in [5, 5.41) is 3.23. The highest BCUT2D eigenvalue weighted by Crippen LogP contribution is 2.07.